The predicted molar refractivity (Wildman–Crippen MR) is 85.7 cm³/mol. The first-order valence-electron chi connectivity index (χ1n) is 9.54. The van der Waals surface area contributed by atoms with Crippen molar-refractivity contribution in [1.82, 2.24) is 0 Å². The van der Waals surface area contributed by atoms with Crippen LogP contribution < -0.4 is 0 Å². The van der Waals surface area contributed by atoms with E-state index in [4.69, 9.17) is 0 Å². The molecule has 0 aliphatic heterocycles. The van der Waals surface area contributed by atoms with Gasteiger partial charge in [-0.1, -0.05) is 51.9 Å². The van der Waals surface area contributed by atoms with E-state index >= 15 is 0 Å². The highest BCUT2D eigenvalue weighted by Gasteiger charge is 2.33. The molecule has 2 fully saturated rings. The Morgan fingerprint density at radius 3 is 1.59 bits per heavy atom. The normalized spacial score (nSPS) is 33.8. The van der Waals surface area contributed by atoms with Gasteiger partial charge in [-0.15, -0.1) is 0 Å². The first kappa shape index (κ1) is 18.1. The van der Waals surface area contributed by atoms with Gasteiger partial charge in [0, 0.05) is 6.42 Å². The zero-order chi connectivity index (χ0) is 16.0. The van der Waals surface area contributed by atoms with Crippen LogP contribution in [0.15, 0.2) is 0 Å². The summed E-state index contributed by atoms with van der Waals surface area (Å²) < 4.78 is 36.9. The Labute approximate surface area is 134 Å². The van der Waals surface area contributed by atoms with Crippen LogP contribution in [0.2, 0.25) is 0 Å². The molecule has 0 aromatic heterocycles. The van der Waals surface area contributed by atoms with Crippen LogP contribution in [0.25, 0.3) is 0 Å². The quantitative estimate of drug-likeness (QED) is 0.488. The summed E-state index contributed by atoms with van der Waals surface area (Å²) in [6.07, 6.45) is 9.93. The van der Waals surface area contributed by atoms with Crippen molar-refractivity contribution in [1.29, 1.82) is 0 Å². The highest BCUT2D eigenvalue weighted by Crippen LogP contribution is 2.43. The van der Waals surface area contributed by atoms with E-state index in [1.54, 1.807) is 0 Å². The van der Waals surface area contributed by atoms with Crippen LogP contribution in [0.1, 0.15) is 90.4 Å². The van der Waals surface area contributed by atoms with Crippen LogP contribution in [-0.2, 0) is 0 Å². The van der Waals surface area contributed by atoms with Gasteiger partial charge in [0.05, 0.1) is 0 Å². The van der Waals surface area contributed by atoms with Gasteiger partial charge in [-0.2, -0.15) is 13.2 Å². The smallest absolute Gasteiger partial charge is 0.171 e. The molecule has 0 aromatic carbocycles. The highest BCUT2D eigenvalue weighted by atomic mass is 19.4. The topological polar surface area (TPSA) is 0 Å². The second-order valence-corrected chi connectivity index (χ2v) is 7.86. The number of unbranched alkanes of at least 4 members (excludes halogenated alkanes) is 1. The van der Waals surface area contributed by atoms with Crippen molar-refractivity contribution in [3.63, 3.8) is 0 Å². The number of halogens is 3. The van der Waals surface area contributed by atoms with E-state index in [2.05, 4.69) is 6.92 Å². The van der Waals surface area contributed by atoms with Gasteiger partial charge in [-0.25, -0.2) is 0 Å². The lowest BCUT2D eigenvalue weighted by Gasteiger charge is -2.38. The lowest BCUT2D eigenvalue weighted by atomic mass is 9.68. The summed E-state index contributed by atoms with van der Waals surface area (Å²) in [5.41, 5.74) is 0. The van der Waals surface area contributed by atoms with Crippen molar-refractivity contribution < 1.29 is 13.2 Å². The molecule has 2 aliphatic carbocycles. The second-order valence-electron chi connectivity index (χ2n) is 7.86. The monoisotopic (exact) mass is 318 g/mol. The Morgan fingerprint density at radius 2 is 1.18 bits per heavy atom. The molecule has 2 rings (SSSR count). The SMILES string of the molecule is CCCCC1CCC(C2CCC(CCC(F)(F)F)CC2)CC1. The summed E-state index contributed by atoms with van der Waals surface area (Å²) in [5, 5.41) is 0. The molecular weight excluding hydrogens is 285 g/mol. The Hall–Kier alpha value is -0.210. The van der Waals surface area contributed by atoms with Gasteiger partial charge in [-0.05, 0) is 55.8 Å². The van der Waals surface area contributed by atoms with Crippen molar-refractivity contribution >= 4 is 0 Å². The maximum absolute atomic E-state index is 12.3. The molecule has 0 spiro atoms. The average Bonchev–Trinajstić information content (AvgIpc) is 2.51. The van der Waals surface area contributed by atoms with E-state index in [0.717, 1.165) is 30.6 Å². The van der Waals surface area contributed by atoms with Crippen molar-refractivity contribution in [2.75, 3.05) is 0 Å². The summed E-state index contributed by atoms with van der Waals surface area (Å²) >= 11 is 0. The molecule has 0 radical (unpaired) electrons. The first-order chi connectivity index (χ1) is 10.5. The van der Waals surface area contributed by atoms with Crippen LogP contribution >= 0.6 is 0 Å². The largest absolute Gasteiger partial charge is 0.389 e. The minimum Gasteiger partial charge on any atom is -0.171 e. The summed E-state index contributed by atoms with van der Waals surface area (Å²) in [7, 11) is 0. The predicted octanol–water partition coefficient (Wildman–Crippen LogP) is 7.13. The highest BCUT2D eigenvalue weighted by molar-refractivity contribution is 4.82. The molecule has 0 aromatic rings. The van der Waals surface area contributed by atoms with Crippen molar-refractivity contribution in [2.24, 2.45) is 23.7 Å². The Balaban J connectivity index is 1.63. The number of hydrogen-bond acceptors (Lipinski definition) is 0. The van der Waals surface area contributed by atoms with Gasteiger partial charge in [0.1, 0.15) is 0 Å². The fraction of sp³-hybridized carbons (Fsp3) is 1.00. The zero-order valence-electron chi connectivity index (χ0n) is 14.1. The van der Waals surface area contributed by atoms with E-state index in [9.17, 15) is 13.2 Å². The fourth-order valence-electron chi connectivity index (χ4n) is 4.76. The van der Waals surface area contributed by atoms with Crippen LogP contribution in [0.3, 0.4) is 0 Å². The summed E-state index contributed by atoms with van der Waals surface area (Å²) in [6.45, 7) is 2.27. The van der Waals surface area contributed by atoms with Crippen LogP contribution in [0.5, 0.6) is 0 Å². The van der Waals surface area contributed by atoms with Crippen LogP contribution in [0, 0.1) is 23.7 Å². The molecule has 3 heteroatoms. The Bertz CT molecular complexity index is 294. The molecule has 0 unspecified atom stereocenters. The second kappa shape index (κ2) is 8.59. The third kappa shape index (κ3) is 6.12. The summed E-state index contributed by atoms with van der Waals surface area (Å²) in [4.78, 5) is 0. The molecule has 0 nitrogen and oxygen atoms in total. The molecule has 2 aliphatic rings. The summed E-state index contributed by atoms with van der Waals surface area (Å²) in [5.74, 6) is 2.98. The number of rotatable bonds is 6. The molecule has 2 saturated carbocycles. The van der Waals surface area contributed by atoms with Crippen LogP contribution in [-0.4, -0.2) is 6.18 Å². The van der Waals surface area contributed by atoms with Gasteiger partial charge in [0.2, 0.25) is 0 Å². The third-order valence-corrected chi connectivity index (χ3v) is 6.25. The van der Waals surface area contributed by atoms with E-state index in [1.807, 2.05) is 0 Å². The lowest BCUT2D eigenvalue weighted by Crippen LogP contribution is -2.26. The van der Waals surface area contributed by atoms with Gasteiger partial charge in [0.15, 0.2) is 0 Å². The molecule has 0 amide bonds. The minimum atomic E-state index is -3.96. The molecular formula is C19H33F3. The van der Waals surface area contributed by atoms with Crippen LogP contribution in [0.4, 0.5) is 13.2 Å². The van der Waals surface area contributed by atoms with Crippen molar-refractivity contribution in [2.45, 2.75) is 96.6 Å². The van der Waals surface area contributed by atoms with E-state index in [1.165, 1.54) is 57.8 Å². The minimum absolute atomic E-state index is 0.332. The Morgan fingerprint density at radius 1 is 0.727 bits per heavy atom. The fourth-order valence-corrected chi connectivity index (χ4v) is 4.76. The van der Waals surface area contributed by atoms with Crippen molar-refractivity contribution in [3.8, 4) is 0 Å². The molecule has 0 atom stereocenters. The number of hydrogen-bond donors (Lipinski definition) is 0. The molecule has 0 bridgehead atoms. The summed E-state index contributed by atoms with van der Waals surface area (Å²) in [6, 6.07) is 0. The maximum atomic E-state index is 12.3. The average molecular weight is 318 g/mol. The van der Waals surface area contributed by atoms with E-state index < -0.39 is 12.6 Å². The van der Waals surface area contributed by atoms with Gasteiger partial charge in [-0.3, -0.25) is 0 Å². The molecule has 130 valence electrons. The third-order valence-electron chi connectivity index (χ3n) is 6.25. The first-order valence-corrected chi connectivity index (χ1v) is 9.54. The molecule has 0 N–H and O–H groups in total. The molecule has 22 heavy (non-hydrogen) atoms. The van der Waals surface area contributed by atoms with E-state index in [-0.39, 0.29) is 0 Å². The van der Waals surface area contributed by atoms with Gasteiger partial charge >= 0.3 is 6.18 Å². The molecule has 0 saturated heterocycles. The van der Waals surface area contributed by atoms with Gasteiger partial charge < -0.3 is 0 Å². The zero-order valence-corrected chi connectivity index (χ0v) is 14.1. The number of alkyl halides is 3. The standard InChI is InChI=1S/C19H33F3/c1-2-3-4-15-5-9-17(10-6-15)18-11-7-16(8-12-18)13-14-19(20,21)22/h15-18H,2-14H2,1H3. The lowest BCUT2D eigenvalue weighted by molar-refractivity contribution is -0.138. The van der Waals surface area contributed by atoms with E-state index in [0.29, 0.717) is 12.3 Å². The molecule has 0 heterocycles. The van der Waals surface area contributed by atoms with Gasteiger partial charge in [0.25, 0.3) is 0 Å². The maximum Gasteiger partial charge on any atom is 0.389 e. The van der Waals surface area contributed by atoms with Crippen molar-refractivity contribution in [3.05, 3.63) is 0 Å². The Kier molecular flexibility index (Phi) is 7.08.